The fourth-order valence-electron chi connectivity index (χ4n) is 2.88. The maximum atomic E-state index is 12.4. The molecule has 2 rings (SSSR count). The molecule has 0 radical (unpaired) electrons. The van der Waals surface area contributed by atoms with Gasteiger partial charge in [-0.2, -0.15) is 0 Å². The third kappa shape index (κ3) is 4.09. The number of aryl methyl sites for hydroxylation is 1. The van der Waals surface area contributed by atoms with Gasteiger partial charge >= 0.3 is 0 Å². The Bertz CT molecular complexity index is 575. The molecule has 0 aliphatic heterocycles. The van der Waals surface area contributed by atoms with Crippen molar-refractivity contribution in [3.63, 3.8) is 0 Å². The highest BCUT2D eigenvalue weighted by Crippen LogP contribution is 2.27. The Balaban J connectivity index is 2.11. The lowest BCUT2D eigenvalue weighted by Crippen LogP contribution is -2.47. The summed E-state index contributed by atoms with van der Waals surface area (Å²) < 4.78 is 0. The highest BCUT2D eigenvalue weighted by Gasteiger charge is 2.28. The SMILES string of the molecule is Cc1cc(C(=O)NC2(C)CCCCC2)ccc1C#CCO. The molecule has 0 aromatic heterocycles. The first kappa shape index (κ1) is 15.6. The third-order valence-corrected chi connectivity index (χ3v) is 4.16. The fourth-order valence-corrected chi connectivity index (χ4v) is 2.88. The van der Waals surface area contributed by atoms with Crippen molar-refractivity contribution in [3.05, 3.63) is 34.9 Å². The smallest absolute Gasteiger partial charge is 0.251 e. The number of benzene rings is 1. The highest BCUT2D eigenvalue weighted by molar-refractivity contribution is 5.95. The second-order valence-corrected chi connectivity index (χ2v) is 6.07. The fraction of sp³-hybridized carbons (Fsp3) is 0.500. The van der Waals surface area contributed by atoms with Crippen molar-refractivity contribution >= 4 is 5.91 Å². The molecule has 1 aliphatic carbocycles. The zero-order valence-electron chi connectivity index (χ0n) is 12.8. The molecule has 1 fully saturated rings. The van der Waals surface area contributed by atoms with E-state index in [2.05, 4.69) is 24.1 Å². The molecule has 3 heteroatoms. The summed E-state index contributed by atoms with van der Waals surface area (Å²) >= 11 is 0. The molecule has 0 heterocycles. The van der Waals surface area contributed by atoms with Gasteiger partial charge < -0.3 is 10.4 Å². The summed E-state index contributed by atoms with van der Waals surface area (Å²) in [6.45, 7) is 3.92. The first-order chi connectivity index (χ1) is 10.0. The standard InChI is InChI=1S/C18H23NO2/c1-14-13-16(9-8-15(14)7-6-12-20)17(21)19-18(2)10-4-3-5-11-18/h8-9,13,20H,3-5,10-12H2,1-2H3,(H,19,21). The Morgan fingerprint density at radius 2 is 2.05 bits per heavy atom. The molecule has 3 nitrogen and oxygen atoms in total. The summed E-state index contributed by atoms with van der Waals surface area (Å²) in [6, 6.07) is 5.51. The van der Waals surface area contributed by atoms with Crippen molar-refractivity contribution in [2.75, 3.05) is 6.61 Å². The Kier molecular flexibility index (Phi) is 5.03. The van der Waals surface area contributed by atoms with Crippen LogP contribution in [0.15, 0.2) is 18.2 Å². The zero-order chi connectivity index (χ0) is 15.3. The number of carbonyl (C=O) groups is 1. The van der Waals surface area contributed by atoms with Crippen molar-refractivity contribution in [1.82, 2.24) is 5.32 Å². The zero-order valence-corrected chi connectivity index (χ0v) is 12.8. The van der Waals surface area contributed by atoms with E-state index in [1.807, 2.05) is 19.1 Å². The summed E-state index contributed by atoms with van der Waals surface area (Å²) in [6.07, 6.45) is 5.75. The predicted octanol–water partition coefficient (Wildman–Crippen LogP) is 2.79. The lowest BCUT2D eigenvalue weighted by molar-refractivity contribution is 0.0882. The van der Waals surface area contributed by atoms with Crippen LogP contribution in [0.5, 0.6) is 0 Å². The van der Waals surface area contributed by atoms with Crippen LogP contribution in [0.4, 0.5) is 0 Å². The molecule has 2 N–H and O–H groups in total. The molecule has 1 aliphatic rings. The Hall–Kier alpha value is -1.79. The van der Waals surface area contributed by atoms with Crippen LogP contribution >= 0.6 is 0 Å². The largest absolute Gasteiger partial charge is 0.384 e. The van der Waals surface area contributed by atoms with Crippen LogP contribution in [0.2, 0.25) is 0 Å². The minimum Gasteiger partial charge on any atom is -0.384 e. The normalized spacial score (nSPS) is 16.7. The van der Waals surface area contributed by atoms with Crippen LogP contribution in [0.3, 0.4) is 0 Å². The van der Waals surface area contributed by atoms with E-state index in [1.54, 1.807) is 6.07 Å². The van der Waals surface area contributed by atoms with Crippen LogP contribution < -0.4 is 5.32 Å². The molecular weight excluding hydrogens is 262 g/mol. The Morgan fingerprint density at radius 1 is 1.33 bits per heavy atom. The molecule has 0 bridgehead atoms. The summed E-state index contributed by atoms with van der Waals surface area (Å²) in [5, 5.41) is 11.9. The lowest BCUT2D eigenvalue weighted by Gasteiger charge is -2.34. The van der Waals surface area contributed by atoms with Gasteiger partial charge in [0.05, 0.1) is 0 Å². The summed E-state index contributed by atoms with van der Waals surface area (Å²) in [5.41, 5.74) is 2.41. The van der Waals surface area contributed by atoms with Crippen LogP contribution in [0.25, 0.3) is 0 Å². The van der Waals surface area contributed by atoms with Crippen LogP contribution in [0, 0.1) is 18.8 Å². The van der Waals surface area contributed by atoms with Crippen molar-refractivity contribution in [3.8, 4) is 11.8 Å². The quantitative estimate of drug-likeness (QED) is 0.821. The van der Waals surface area contributed by atoms with E-state index in [-0.39, 0.29) is 18.1 Å². The van der Waals surface area contributed by atoms with Crippen LogP contribution in [0.1, 0.15) is 60.5 Å². The number of carbonyl (C=O) groups excluding carboxylic acids is 1. The molecule has 112 valence electrons. The third-order valence-electron chi connectivity index (χ3n) is 4.16. The lowest BCUT2D eigenvalue weighted by atomic mass is 9.83. The van der Waals surface area contributed by atoms with Crippen molar-refractivity contribution in [2.24, 2.45) is 0 Å². The van der Waals surface area contributed by atoms with Gasteiger partial charge in [0.2, 0.25) is 0 Å². The average molecular weight is 285 g/mol. The minimum atomic E-state index is -0.153. The van der Waals surface area contributed by atoms with Gasteiger partial charge in [-0.05, 0) is 50.5 Å². The maximum absolute atomic E-state index is 12.4. The van der Waals surface area contributed by atoms with E-state index in [1.165, 1.54) is 19.3 Å². The van der Waals surface area contributed by atoms with Gasteiger partial charge in [0, 0.05) is 16.7 Å². The number of rotatable bonds is 2. The van der Waals surface area contributed by atoms with E-state index >= 15 is 0 Å². The molecule has 1 aromatic carbocycles. The Morgan fingerprint density at radius 3 is 2.67 bits per heavy atom. The molecule has 0 saturated heterocycles. The first-order valence-corrected chi connectivity index (χ1v) is 7.57. The van der Waals surface area contributed by atoms with Crippen LogP contribution in [-0.4, -0.2) is 23.2 Å². The number of amides is 1. The topological polar surface area (TPSA) is 49.3 Å². The van der Waals surface area contributed by atoms with E-state index in [0.29, 0.717) is 5.56 Å². The molecule has 1 amide bonds. The average Bonchev–Trinajstić information content (AvgIpc) is 2.46. The van der Waals surface area contributed by atoms with E-state index < -0.39 is 0 Å². The van der Waals surface area contributed by atoms with Crippen LogP contribution in [-0.2, 0) is 0 Å². The number of hydrogen-bond acceptors (Lipinski definition) is 2. The summed E-state index contributed by atoms with van der Waals surface area (Å²) in [7, 11) is 0. The second-order valence-electron chi connectivity index (χ2n) is 6.07. The highest BCUT2D eigenvalue weighted by atomic mass is 16.2. The summed E-state index contributed by atoms with van der Waals surface area (Å²) in [5.74, 6) is 5.51. The second kappa shape index (κ2) is 6.78. The number of nitrogens with one attached hydrogen (secondary N) is 1. The molecule has 0 unspecified atom stereocenters. The van der Waals surface area contributed by atoms with E-state index in [9.17, 15) is 4.79 Å². The molecular formula is C18H23NO2. The monoisotopic (exact) mass is 285 g/mol. The van der Waals surface area contributed by atoms with Gasteiger partial charge in [-0.15, -0.1) is 0 Å². The number of aliphatic hydroxyl groups excluding tert-OH is 1. The maximum Gasteiger partial charge on any atom is 0.251 e. The molecule has 1 aromatic rings. The molecule has 0 atom stereocenters. The van der Waals surface area contributed by atoms with Gasteiger partial charge in [0.15, 0.2) is 0 Å². The molecule has 1 saturated carbocycles. The predicted molar refractivity (Wildman–Crippen MR) is 84.1 cm³/mol. The minimum absolute atomic E-state index is 0.0100. The van der Waals surface area contributed by atoms with Crippen molar-refractivity contribution in [1.29, 1.82) is 0 Å². The van der Waals surface area contributed by atoms with Gasteiger partial charge in [0.25, 0.3) is 5.91 Å². The molecule has 0 spiro atoms. The van der Waals surface area contributed by atoms with Crippen molar-refractivity contribution in [2.45, 2.75) is 51.5 Å². The summed E-state index contributed by atoms with van der Waals surface area (Å²) in [4.78, 5) is 12.4. The first-order valence-electron chi connectivity index (χ1n) is 7.57. The number of aliphatic hydroxyl groups is 1. The van der Waals surface area contributed by atoms with Gasteiger partial charge in [-0.1, -0.05) is 31.1 Å². The molecule has 21 heavy (non-hydrogen) atoms. The van der Waals surface area contributed by atoms with E-state index in [4.69, 9.17) is 5.11 Å². The van der Waals surface area contributed by atoms with Gasteiger partial charge in [-0.25, -0.2) is 0 Å². The van der Waals surface area contributed by atoms with E-state index in [0.717, 1.165) is 24.0 Å². The number of hydrogen-bond donors (Lipinski definition) is 2. The van der Waals surface area contributed by atoms with Crippen molar-refractivity contribution < 1.29 is 9.90 Å². The Labute approximate surface area is 126 Å². The van der Waals surface area contributed by atoms with Gasteiger partial charge in [-0.3, -0.25) is 4.79 Å². The van der Waals surface area contributed by atoms with Gasteiger partial charge in [0.1, 0.15) is 6.61 Å².